The van der Waals surface area contributed by atoms with E-state index >= 15 is 0 Å². The Kier molecular flexibility index (Phi) is 26.8. The molecule has 0 amide bonds. The molecule has 0 unspecified atom stereocenters. The van der Waals surface area contributed by atoms with Gasteiger partial charge in [0.25, 0.3) is 27.8 Å². The number of aryl methyl sites for hydroxylation is 10. The van der Waals surface area contributed by atoms with E-state index < -0.39 is 0 Å². The molecule has 6 aliphatic heterocycles. The zero-order valence-electron chi connectivity index (χ0n) is 87.4. The van der Waals surface area contributed by atoms with Crippen LogP contribution in [0.5, 0.6) is 0 Å². The topological polar surface area (TPSA) is 360 Å². The average Bonchev–Trinajstić information content (AvgIpc) is 1.28. The highest BCUT2D eigenvalue weighted by Crippen LogP contribution is 2.34. The Morgan fingerprint density at radius 2 is 0.773 bits per heavy atom. The van der Waals surface area contributed by atoms with E-state index in [9.17, 15) is 24.0 Å². The molecule has 20 aromatic rings. The van der Waals surface area contributed by atoms with Crippen LogP contribution in [0, 0.1) is 55.4 Å². The van der Waals surface area contributed by atoms with Gasteiger partial charge in [-0.25, -0.2) is 43.0 Å². The van der Waals surface area contributed by atoms with E-state index in [1.165, 1.54) is 25.9 Å². The molecule has 26 rings (SSSR count). The molecule has 150 heavy (non-hydrogen) atoms. The third kappa shape index (κ3) is 19.9. The fourth-order valence-corrected chi connectivity index (χ4v) is 21.3. The van der Waals surface area contributed by atoms with E-state index in [1.54, 1.807) is 70.6 Å². The number of nitrogens with one attached hydrogen (secondary N) is 2. The molecule has 1 aromatic carbocycles. The van der Waals surface area contributed by atoms with Gasteiger partial charge in [0.1, 0.15) is 51.0 Å². The van der Waals surface area contributed by atoms with Gasteiger partial charge in [-0.3, -0.25) is 80.4 Å². The summed E-state index contributed by atoms with van der Waals surface area (Å²) in [5.41, 5.74) is 27.5. The molecule has 6 aliphatic rings. The summed E-state index contributed by atoms with van der Waals surface area (Å²) in [6, 6.07) is 41.8. The molecule has 2 N–H and O–H groups in total. The number of hydrogen-bond donors (Lipinski definition) is 2. The molecule has 0 spiro atoms. The van der Waals surface area contributed by atoms with Crippen LogP contribution in [0.1, 0.15) is 98.1 Å². The van der Waals surface area contributed by atoms with Crippen LogP contribution in [0.4, 0.5) is 28.4 Å². The molecular formula is C111H124N34O5. The highest BCUT2D eigenvalue weighted by atomic mass is 16.1. The van der Waals surface area contributed by atoms with E-state index in [1.807, 2.05) is 214 Å². The maximum atomic E-state index is 13.0. The first-order valence-electron chi connectivity index (χ1n) is 51.8. The minimum absolute atomic E-state index is 0.0654. The first kappa shape index (κ1) is 98.4. The van der Waals surface area contributed by atoms with E-state index in [-0.39, 0.29) is 27.8 Å². The lowest BCUT2D eigenvalue weighted by molar-refractivity contribution is 0.183. The summed E-state index contributed by atoms with van der Waals surface area (Å²) < 4.78 is 17.2. The number of fused-ring (bicyclic) bond motifs is 10. The van der Waals surface area contributed by atoms with Crippen molar-refractivity contribution < 1.29 is 0 Å². The van der Waals surface area contributed by atoms with Crippen molar-refractivity contribution in [2.24, 2.45) is 7.05 Å². The third-order valence-corrected chi connectivity index (χ3v) is 29.6. The molecule has 25 heterocycles. The van der Waals surface area contributed by atoms with Crippen LogP contribution in [0.2, 0.25) is 0 Å². The van der Waals surface area contributed by atoms with Crippen molar-refractivity contribution in [3.63, 3.8) is 0 Å². The van der Waals surface area contributed by atoms with Gasteiger partial charge < -0.3 is 40.0 Å². The van der Waals surface area contributed by atoms with Crippen molar-refractivity contribution in [1.82, 2.24) is 140 Å². The molecule has 19 aromatic heterocycles. The number of likely N-dealkylation sites (tertiary alicyclic amines) is 1. The largest absolute Gasteiger partial charge is 0.369 e. The number of benzene rings is 1. The van der Waals surface area contributed by atoms with Gasteiger partial charge in [-0.15, -0.1) is 0 Å². The predicted octanol–water partition coefficient (Wildman–Crippen LogP) is 11.1. The zero-order valence-corrected chi connectivity index (χ0v) is 87.4. The summed E-state index contributed by atoms with van der Waals surface area (Å²) in [6.45, 7) is 41.6. The predicted molar refractivity (Wildman–Crippen MR) is 587 cm³/mol. The van der Waals surface area contributed by atoms with Crippen molar-refractivity contribution in [3.05, 3.63) is 292 Å². The Morgan fingerprint density at radius 1 is 0.353 bits per heavy atom. The van der Waals surface area contributed by atoms with E-state index in [2.05, 4.69) is 154 Å². The minimum Gasteiger partial charge on any atom is -0.369 e. The van der Waals surface area contributed by atoms with Crippen LogP contribution in [-0.2, 0) is 13.5 Å². The molecule has 6 fully saturated rings. The van der Waals surface area contributed by atoms with Gasteiger partial charge in [0, 0.05) is 188 Å². The fraction of sp³-hybridized carbons (Fsp3) is 0.360. The highest BCUT2D eigenvalue weighted by molar-refractivity contribution is 5.84. The van der Waals surface area contributed by atoms with Gasteiger partial charge in [-0.05, 0) is 231 Å². The van der Waals surface area contributed by atoms with Crippen LogP contribution in [0.15, 0.2) is 213 Å². The van der Waals surface area contributed by atoms with Gasteiger partial charge in [-0.2, -0.15) is 25.5 Å². The van der Waals surface area contributed by atoms with Crippen LogP contribution in [0.25, 0.3) is 118 Å². The second-order valence-corrected chi connectivity index (χ2v) is 40.5. The number of anilines is 5. The van der Waals surface area contributed by atoms with Crippen molar-refractivity contribution in [2.75, 3.05) is 150 Å². The molecule has 1 atom stereocenters. The molecule has 39 heteroatoms. The van der Waals surface area contributed by atoms with Crippen molar-refractivity contribution in [3.8, 4) is 56.8 Å². The van der Waals surface area contributed by atoms with E-state index in [0.29, 0.717) is 104 Å². The van der Waals surface area contributed by atoms with Gasteiger partial charge >= 0.3 is 0 Å². The molecule has 0 radical (unpaired) electrons. The maximum Gasteiger partial charge on any atom is 0.258 e. The lowest BCUT2D eigenvalue weighted by Gasteiger charge is -2.46. The average molecular weight is 2010 g/mol. The standard InChI is InChI=1S/C23H25N7O.C23H27N7O.C22H25N7O.C22H24N6O.C21H23N7O/c1-15-11-30-21(16(2)24-15)9-20(26-30)19-10-23(31)29-14-17(5-6-22(29)25-19)28-12-18(13-28)27-7-3-4-8-27;1-5-27(6-2)18-12-28(13-18)17-7-8-22-25-19(10-23(31)29(22)14-17)20-9-21-16(4)24-15(3)11-30(21)26-20;1-3-17-20-11-19(26-29(20)13-15(2)24-17)18-12-22(30)28-14-16(5-6-21(28)25-18)27-9-4-7-23-8-10-27;1-14-8-18(27-7-6-23-15(2)11-27)13-28-21(29)10-20(24-22(14)28)16-4-5-19-17(9-16)12-26(3)25-19;1-13-9-28-19(14(2)22-13)7-18(24-28)17-8-21(29)27-12-15(5-6-20(27)23-17)26-10-16(11-26)25(3)4/h5-6,9-11,14,18H,3-4,7-8,12-13H2,1-2H3;7-11,14,18H,5-6,12-13H2,1-4H3;5-6,11-14,23H,3-4,7-10H2,1-2H3;4-5,8-10,12-13,15,23H,6-7,11H2,1-3H3;5-9,12,16H,10-11H2,1-4H3/t;;;15-;/m...0./s1. The number of piperazine rings is 1. The first-order valence-corrected chi connectivity index (χ1v) is 51.8. The monoisotopic (exact) mass is 2010 g/mol. The quantitative estimate of drug-likeness (QED) is 0.0907. The fourth-order valence-electron chi connectivity index (χ4n) is 21.3. The molecular weight excluding hydrogens is 1890 g/mol. The molecule has 0 bridgehead atoms. The molecule has 768 valence electrons. The number of aromatic nitrogens is 24. The summed E-state index contributed by atoms with van der Waals surface area (Å²) >= 11 is 0. The van der Waals surface area contributed by atoms with Gasteiger partial charge in [0.05, 0.1) is 155 Å². The van der Waals surface area contributed by atoms with Crippen LogP contribution >= 0.6 is 0 Å². The van der Waals surface area contributed by atoms with E-state index in [4.69, 9.17) is 19.9 Å². The SMILES string of the molecule is CCN(CC)C1CN(c2ccc3nc(-c4cc5c(C)nc(C)cn5n4)cc(=O)n3c2)C1.CCc1nc(C)cn2nc(-c3cc(=O)n4cc(N5CCCNCC5)ccc4n3)cc12.Cc1cc(N2CCN[C@@H](C)C2)cn2c(=O)cc(-c3ccc4nn(C)cc4c3)nc12.Cc1cn2nc(-c3cc(=O)n4cc(N5CC(N(C)C)C5)ccc4n3)cc2c(C)n1.Cc1cn2nc(-c3cc(=O)n4cc(N5CC(N6CCCC6)C5)ccc4n3)cc2c(C)n1. The third-order valence-electron chi connectivity index (χ3n) is 29.6. The smallest absolute Gasteiger partial charge is 0.258 e. The first-order chi connectivity index (χ1) is 72.5. The zero-order chi connectivity index (χ0) is 104. The number of nitrogens with zero attached hydrogens (tertiary/aromatic N) is 32. The van der Waals surface area contributed by atoms with Crippen LogP contribution in [0.3, 0.4) is 0 Å². The van der Waals surface area contributed by atoms with Gasteiger partial charge in [0.15, 0.2) is 0 Å². The second kappa shape index (κ2) is 40.8. The Hall–Kier alpha value is -16.2. The number of pyridine rings is 5. The summed E-state index contributed by atoms with van der Waals surface area (Å²) in [4.78, 5) is 125. The Morgan fingerprint density at radius 3 is 1.23 bits per heavy atom. The van der Waals surface area contributed by atoms with Crippen molar-refractivity contribution in [2.45, 2.75) is 133 Å². The van der Waals surface area contributed by atoms with Gasteiger partial charge in [0.2, 0.25) is 0 Å². The van der Waals surface area contributed by atoms with Crippen molar-refractivity contribution >= 4 is 89.6 Å². The summed E-state index contributed by atoms with van der Waals surface area (Å²) in [5.74, 6) is 0. The maximum absolute atomic E-state index is 13.0. The van der Waals surface area contributed by atoms with Crippen molar-refractivity contribution in [1.29, 1.82) is 0 Å². The van der Waals surface area contributed by atoms with Crippen LogP contribution < -0.4 is 62.9 Å². The molecule has 0 saturated carbocycles. The van der Waals surface area contributed by atoms with Crippen LogP contribution in [-0.4, -0.2) is 279 Å². The molecule has 0 aliphatic carbocycles. The minimum atomic E-state index is -0.111. The summed E-state index contributed by atoms with van der Waals surface area (Å²) in [6.07, 6.45) is 23.5. The number of rotatable bonds is 16. The highest BCUT2D eigenvalue weighted by Gasteiger charge is 2.36. The Labute approximate surface area is 864 Å². The lowest BCUT2D eigenvalue weighted by Crippen LogP contribution is -2.59. The number of likely N-dealkylation sites (N-methyl/N-ethyl adjacent to an activating group) is 2. The molecule has 39 nitrogen and oxygen atoms in total. The van der Waals surface area contributed by atoms with Gasteiger partial charge in [-0.1, -0.05) is 26.8 Å². The molecule has 6 saturated heterocycles. The number of hydrogen-bond acceptors (Lipinski definition) is 29. The normalized spacial score (nSPS) is 15.9. The Balaban J connectivity index is 0.000000106. The van der Waals surface area contributed by atoms with E-state index in [0.717, 1.165) is 229 Å². The summed E-state index contributed by atoms with van der Waals surface area (Å²) in [7, 11) is 6.09. The Bertz CT molecular complexity index is 8740. The second-order valence-electron chi connectivity index (χ2n) is 40.5. The summed E-state index contributed by atoms with van der Waals surface area (Å²) in [5, 5.41) is 30.8. The lowest BCUT2D eigenvalue weighted by atomic mass is 10.1.